The van der Waals surface area contributed by atoms with Crippen LogP contribution in [0.1, 0.15) is 33.6 Å². The SMILES string of the molecule is CCNCC(C)C(=O)N1CCCC(C)(O)C1. The van der Waals surface area contributed by atoms with E-state index < -0.39 is 5.60 Å². The van der Waals surface area contributed by atoms with E-state index in [2.05, 4.69) is 5.32 Å². The molecule has 0 aromatic carbocycles. The van der Waals surface area contributed by atoms with Gasteiger partial charge in [0.15, 0.2) is 0 Å². The van der Waals surface area contributed by atoms with Crippen LogP contribution in [0.25, 0.3) is 0 Å². The molecular weight excluding hydrogens is 204 g/mol. The Hall–Kier alpha value is -0.610. The van der Waals surface area contributed by atoms with Crippen molar-refractivity contribution in [3.8, 4) is 0 Å². The predicted octanol–water partition coefficient (Wildman–Crippen LogP) is 0.605. The maximum atomic E-state index is 12.1. The average molecular weight is 228 g/mol. The summed E-state index contributed by atoms with van der Waals surface area (Å²) in [7, 11) is 0. The molecule has 0 saturated carbocycles. The molecule has 0 aromatic rings. The molecule has 1 heterocycles. The summed E-state index contributed by atoms with van der Waals surface area (Å²) in [6.45, 7) is 8.63. The summed E-state index contributed by atoms with van der Waals surface area (Å²) in [6, 6.07) is 0. The summed E-state index contributed by atoms with van der Waals surface area (Å²) in [5, 5.41) is 13.1. The van der Waals surface area contributed by atoms with Gasteiger partial charge in [-0.1, -0.05) is 13.8 Å². The molecule has 4 heteroatoms. The van der Waals surface area contributed by atoms with Crippen LogP contribution < -0.4 is 5.32 Å². The summed E-state index contributed by atoms with van der Waals surface area (Å²) in [6.07, 6.45) is 1.69. The normalized spacial score (nSPS) is 27.9. The molecule has 2 atom stereocenters. The van der Waals surface area contributed by atoms with Crippen LogP contribution in [0.15, 0.2) is 0 Å². The molecule has 0 aliphatic carbocycles. The van der Waals surface area contributed by atoms with Crippen molar-refractivity contribution in [2.45, 2.75) is 39.2 Å². The molecule has 0 aromatic heterocycles. The number of piperidine rings is 1. The highest BCUT2D eigenvalue weighted by Crippen LogP contribution is 2.21. The number of amides is 1. The number of rotatable bonds is 4. The third-order valence-electron chi connectivity index (χ3n) is 3.11. The molecule has 16 heavy (non-hydrogen) atoms. The Labute approximate surface area is 98.0 Å². The van der Waals surface area contributed by atoms with Crippen LogP contribution in [0.3, 0.4) is 0 Å². The second-order valence-corrected chi connectivity index (χ2v) is 5.07. The quantitative estimate of drug-likeness (QED) is 0.741. The number of carbonyl (C=O) groups is 1. The second-order valence-electron chi connectivity index (χ2n) is 5.07. The lowest BCUT2D eigenvalue weighted by atomic mass is 9.94. The molecule has 1 saturated heterocycles. The van der Waals surface area contributed by atoms with Gasteiger partial charge in [0.2, 0.25) is 5.91 Å². The fraction of sp³-hybridized carbons (Fsp3) is 0.917. The van der Waals surface area contributed by atoms with Crippen molar-refractivity contribution >= 4 is 5.91 Å². The number of nitrogens with one attached hydrogen (secondary N) is 1. The Morgan fingerprint density at radius 2 is 2.31 bits per heavy atom. The largest absolute Gasteiger partial charge is 0.388 e. The van der Waals surface area contributed by atoms with E-state index in [1.807, 2.05) is 13.8 Å². The summed E-state index contributed by atoms with van der Waals surface area (Å²) in [5.74, 6) is 0.148. The van der Waals surface area contributed by atoms with E-state index in [4.69, 9.17) is 0 Å². The van der Waals surface area contributed by atoms with Crippen molar-refractivity contribution in [2.75, 3.05) is 26.2 Å². The first-order chi connectivity index (χ1) is 7.46. The highest BCUT2D eigenvalue weighted by Gasteiger charge is 2.32. The number of hydrogen-bond donors (Lipinski definition) is 2. The summed E-state index contributed by atoms with van der Waals surface area (Å²) in [5.41, 5.74) is -0.703. The van der Waals surface area contributed by atoms with Crippen molar-refractivity contribution in [1.29, 1.82) is 0 Å². The first-order valence-electron chi connectivity index (χ1n) is 6.18. The third kappa shape index (κ3) is 3.76. The molecule has 2 N–H and O–H groups in total. The van der Waals surface area contributed by atoms with Crippen LogP contribution in [0.4, 0.5) is 0 Å². The van der Waals surface area contributed by atoms with Gasteiger partial charge in [-0.25, -0.2) is 0 Å². The van der Waals surface area contributed by atoms with Gasteiger partial charge >= 0.3 is 0 Å². The van der Waals surface area contributed by atoms with Crippen molar-refractivity contribution in [3.63, 3.8) is 0 Å². The molecule has 4 nitrogen and oxygen atoms in total. The summed E-state index contributed by atoms with van der Waals surface area (Å²) < 4.78 is 0. The van der Waals surface area contributed by atoms with Gasteiger partial charge in [0.1, 0.15) is 0 Å². The highest BCUT2D eigenvalue weighted by molar-refractivity contribution is 5.78. The van der Waals surface area contributed by atoms with E-state index in [1.165, 1.54) is 0 Å². The Bertz CT molecular complexity index is 241. The first-order valence-corrected chi connectivity index (χ1v) is 6.18. The number of hydrogen-bond acceptors (Lipinski definition) is 3. The van der Waals surface area contributed by atoms with Crippen LogP contribution in [-0.2, 0) is 4.79 Å². The van der Waals surface area contributed by atoms with Gasteiger partial charge in [-0.3, -0.25) is 4.79 Å². The van der Waals surface area contributed by atoms with Crippen molar-refractivity contribution in [2.24, 2.45) is 5.92 Å². The second kappa shape index (κ2) is 5.64. The number of likely N-dealkylation sites (tertiary alicyclic amines) is 1. The molecule has 1 rings (SSSR count). The molecule has 1 aliphatic rings. The third-order valence-corrected chi connectivity index (χ3v) is 3.11. The smallest absolute Gasteiger partial charge is 0.226 e. The van der Waals surface area contributed by atoms with Crippen molar-refractivity contribution < 1.29 is 9.90 Å². The zero-order valence-electron chi connectivity index (χ0n) is 10.6. The molecular formula is C12H24N2O2. The van der Waals surface area contributed by atoms with Crippen LogP contribution in [0.2, 0.25) is 0 Å². The lowest BCUT2D eigenvalue weighted by Gasteiger charge is -2.38. The van der Waals surface area contributed by atoms with E-state index >= 15 is 0 Å². The van der Waals surface area contributed by atoms with Gasteiger partial charge in [0.25, 0.3) is 0 Å². The zero-order valence-corrected chi connectivity index (χ0v) is 10.6. The van der Waals surface area contributed by atoms with Crippen LogP contribution in [0, 0.1) is 5.92 Å². The van der Waals surface area contributed by atoms with Crippen molar-refractivity contribution in [1.82, 2.24) is 10.2 Å². The first kappa shape index (κ1) is 13.5. The van der Waals surface area contributed by atoms with E-state index in [-0.39, 0.29) is 11.8 Å². The number of carbonyl (C=O) groups excluding carboxylic acids is 1. The van der Waals surface area contributed by atoms with Gasteiger partial charge in [-0.05, 0) is 26.3 Å². The van der Waals surface area contributed by atoms with Crippen LogP contribution >= 0.6 is 0 Å². The van der Waals surface area contributed by atoms with E-state index in [1.54, 1.807) is 11.8 Å². The zero-order chi connectivity index (χ0) is 12.2. The van der Waals surface area contributed by atoms with Crippen LogP contribution in [0.5, 0.6) is 0 Å². The number of β-amino-alcohol motifs (C(OH)–C–C–N with tert-alkyl or cyclic N) is 1. The highest BCUT2D eigenvalue weighted by atomic mass is 16.3. The minimum Gasteiger partial charge on any atom is -0.388 e. The fourth-order valence-electron chi connectivity index (χ4n) is 2.17. The van der Waals surface area contributed by atoms with Gasteiger partial charge in [0.05, 0.1) is 5.60 Å². The van der Waals surface area contributed by atoms with E-state index in [0.29, 0.717) is 13.1 Å². The minimum absolute atomic E-state index is 0.00569. The van der Waals surface area contributed by atoms with Gasteiger partial charge < -0.3 is 15.3 Å². The lowest BCUT2D eigenvalue weighted by Crippen LogP contribution is -2.51. The Balaban J connectivity index is 2.46. The number of aliphatic hydroxyl groups is 1. The van der Waals surface area contributed by atoms with Gasteiger partial charge in [-0.15, -0.1) is 0 Å². The van der Waals surface area contributed by atoms with E-state index in [0.717, 1.165) is 25.9 Å². The molecule has 0 bridgehead atoms. The van der Waals surface area contributed by atoms with Gasteiger partial charge in [-0.2, -0.15) is 0 Å². The summed E-state index contributed by atoms with van der Waals surface area (Å²) >= 11 is 0. The molecule has 2 unspecified atom stereocenters. The minimum atomic E-state index is -0.703. The van der Waals surface area contributed by atoms with Crippen molar-refractivity contribution in [3.05, 3.63) is 0 Å². The molecule has 0 spiro atoms. The average Bonchev–Trinajstić information content (AvgIpc) is 2.23. The molecule has 94 valence electrons. The maximum absolute atomic E-state index is 12.1. The summed E-state index contributed by atoms with van der Waals surface area (Å²) in [4.78, 5) is 13.9. The molecule has 1 amide bonds. The van der Waals surface area contributed by atoms with E-state index in [9.17, 15) is 9.90 Å². The predicted molar refractivity (Wildman–Crippen MR) is 64.1 cm³/mol. The Morgan fingerprint density at radius 3 is 2.88 bits per heavy atom. The molecule has 1 aliphatic heterocycles. The van der Waals surface area contributed by atoms with Crippen LogP contribution in [-0.4, -0.2) is 47.7 Å². The Morgan fingerprint density at radius 1 is 1.62 bits per heavy atom. The topological polar surface area (TPSA) is 52.6 Å². The maximum Gasteiger partial charge on any atom is 0.226 e. The lowest BCUT2D eigenvalue weighted by molar-refractivity contribution is -0.141. The monoisotopic (exact) mass is 228 g/mol. The Kier molecular flexibility index (Phi) is 4.74. The number of nitrogens with zero attached hydrogens (tertiary/aromatic N) is 1. The molecule has 1 fully saturated rings. The van der Waals surface area contributed by atoms with Gasteiger partial charge in [0, 0.05) is 25.6 Å². The standard InChI is InChI=1S/C12H24N2O2/c1-4-13-8-10(2)11(15)14-7-5-6-12(3,16)9-14/h10,13,16H,4-9H2,1-3H3. The molecule has 0 radical (unpaired) electrons. The fourth-order valence-corrected chi connectivity index (χ4v) is 2.17.